The van der Waals surface area contributed by atoms with Crippen LogP contribution in [0.3, 0.4) is 0 Å². The Morgan fingerprint density at radius 2 is 1.68 bits per heavy atom. The lowest BCUT2D eigenvalue weighted by atomic mass is 9.94. The van der Waals surface area contributed by atoms with E-state index in [-0.39, 0.29) is 24.0 Å². The topological polar surface area (TPSA) is 94.5 Å². The van der Waals surface area contributed by atoms with E-state index in [0.717, 1.165) is 0 Å². The number of aliphatic hydroxyl groups is 1. The van der Waals surface area contributed by atoms with Crippen molar-refractivity contribution >= 4 is 17.4 Å². The normalized spacial score (nSPS) is 17.4. The van der Waals surface area contributed by atoms with Crippen LogP contribution in [-0.4, -0.2) is 62.3 Å². The lowest BCUT2D eigenvalue weighted by Crippen LogP contribution is -2.31. The number of Topliss-reactive ketones (excluding diaryl/α,β-unsaturated/α-hetero) is 1. The lowest BCUT2D eigenvalue weighted by molar-refractivity contribution is -0.140. The zero-order valence-electron chi connectivity index (χ0n) is 20.2. The molecule has 1 saturated heterocycles. The van der Waals surface area contributed by atoms with E-state index in [2.05, 4.69) is 0 Å². The molecule has 1 aliphatic heterocycles. The number of carbonyl (C=O) groups excluding carboxylic acids is 2. The highest BCUT2D eigenvalue weighted by atomic mass is 16.5. The standard InChI is InChI=1S/C26H31NO7/c1-16(2)34-18-9-7-17(8-10-18)24(28)22-23(20-12-11-19(32-4)15-21(20)33-5)27(13-6-14-31-3)26(30)25(22)29/h7-12,15-16,23,28H,6,13-14H2,1-5H3/b24-22-. The quantitative estimate of drug-likeness (QED) is 0.244. The van der Waals surface area contributed by atoms with Gasteiger partial charge in [0.15, 0.2) is 0 Å². The minimum Gasteiger partial charge on any atom is -0.507 e. The monoisotopic (exact) mass is 469 g/mol. The van der Waals surface area contributed by atoms with Crippen molar-refractivity contribution in [3.63, 3.8) is 0 Å². The Hall–Kier alpha value is -3.52. The largest absolute Gasteiger partial charge is 0.507 e. The van der Waals surface area contributed by atoms with Gasteiger partial charge in [0.1, 0.15) is 23.0 Å². The Bertz CT molecular complexity index is 1060. The summed E-state index contributed by atoms with van der Waals surface area (Å²) in [7, 11) is 4.62. The molecule has 3 rings (SSSR count). The minimum absolute atomic E-state index is 0.000547. The number of likely N-dealkylation sites (tertiary alicyclic amines) is 1. The van der Waals surface area contributed by atoms with Crippen molar-refractivity contribution in [1.82, 2.24) is 4.90 Å². The maximum Gasteiger partial charge on any atom is 0.295 e. The van der Waals surface area contributed by atoms with Crippen LogP contribution in [0.15, 0.2) is 48.0 Å². The van der Waals surface area contributed by atoms with E-state index in [1.165, 1.54) is 19.1 Å². The van der Waals surface area contributed by atoms with Crippen LogP contribution in [-0.2, 0) is 14.3 Å². The molecule has 1 amide bonds. The summed E-state index contributed by atoms with van der Waals surface area (Å²) in [4.78, 5) is 27.6. The molecule has 0 bridgehead atoms. The van der Waals surface area contributed by atoms with Crippen molar-refractivity contribution in [2.75, 3.05) is 34.5 Å². The van der Waals surface area contributed by atoms with E-state index in [0.29, 0.717) is 41.4 Å². The van der Waals surface area contributed by atoms with Gasteiger partial charge in [-0.2, -0.15) is 0 Å². The van der Waals surface area contributed by atoms with Crippen LogP contribution in [0, 0.1) is 0 Å². The van der Waals surface area contributed by atoms with Gasteiger partial charge in [0.25, 0.3) is 11.7 Å². The minimum atomic E-state index is -0.829. The number of amides is 1. The molecule has 182 valence electrons. The van der Waals surface area contributed by atoms with Gasteiger partial charge in [0.05, 0.1) is 31.9 Å². The molecular formula is C26H31NO7. The van der Waals surface area contributed by atoms with Gasteiger partial charge in [-0.3, -0.25) is 9.59 Å². The Morgan fingerprint density at radius 3 is 2.26 bits per heavy atom. The maximum atomic E-state index is 13.2. The number of ketones is 1. The molecule has 1 N–H and O–H groups in total. The first kappa shape index (κ1) is 25.1. The first-order valence-electron chi connectivity index (χ1n) is 11.1. The van der Waals surface area contributed by atoms with Gasteiger partial charge < -0.3 is 29.0 Å². The first-order valence-corrected chi connectivity index (χ1v) is 11.1. The second kappa shape index (κ2) is 11.1. The van der Waals surface area contributed by atoms with E-state index in [1.54, 1.807) is 49.6 Å². The highest BCUT2D eigenvalue weighted by Gasteiger charge is 2.46. The molecule has 1 fully saturated rings. The molecule has 0 spiro atoms. The van der Waals surface area contributed by atoms with Crippen LogP contribution in [0.2, 0.25) is 0 Å². The van der Waals surface area contributed by atoms with Crippen LogP contribution < -0.4 is 14.2 Å². The molecule has 34 heavy (non-hydrogen) atoms. The number of hydrogen-bond acceptors (Lipinski definition) is 7. The summed E-state index contributed by atoms with van der Waals surface area (Å²) in [5.74, 6) is -0.0423. The molecule has 8 nitrogen and oxygen atoms in total. The summed E-state index contributed by atoms with van der Waals surface area (Å²) < 4.78 is 21.6. The Labute approximate surface area is 199 Å². The fraction of sp³-hybridized carbons (Fsp3) is 0.385. The molecule has 2 aromatic carbocycles. The number of hydrogen-bond donors (Lipinski definition) is 1. The van der Waals surface area contributed by atoms with E-state index in [1.807, 2.05) is 13.8 Å². The maximum absolute atomic E-state index is 13.2. The number of ether oxygens (including phenoxy) is 4. The van der Waals surface area contributed by atoms with E-state index >= 15 is 0 Å². The van der Waals surface area contributed by atoms with Crippen molar-refractivity contribution in [2.45, 2.75) is 32.4 Å². The smallest absolute Gasteiger partial charge is 0.295 e. The second-order valence-electron chi connectivity index (χ2n) is 8.14. The zero-order valence-corrected chi connectivity index (χ0v) is 20.2. The molecular weight excluding hydrogens is 438 g/mol. The molecule has 2 aromatic rings. The van der Waals surface area contributed by atoms with Crippen LogP contribution >= 0.6 is 0 Å². The Morgan fingerprint density at radius 1 is 1.00 bits per heavy atom. The third-order valence-corrected chi connectivity index (χ3v) is 5.52. The third kappa shape index (κ3) is 5.17. The summed E-state index contributed by atoms with van der Waals surface area (Å²) in [6, 6.07) is 11.1. The first-order chi connectivity index (χ1) is 16.3. The Balaban J connectivity index is 2.13. The molecule has 0 saturated carbocycles. The van der Waals surface area contributed by atoms with Crippen molar-refractivity contribution in [3.05, 3.63) is 59.2 Å². The van der Waals surface area contributed by atoms with Crippen LogP contribution in [0.25, 0.3) is 5.76 Å². The number of nitrogens with zero attached hydrogens (tertiary/aromatic N) is 1. The van der Waals surface area contributed by atoms with E-state index < -0.39 is 17.7 Å². The summed E-state index contributed by atoms with van der Waals surface area (Å²) in [5, 5.41) is 11.2. The summed E-state index contributed by atoms with van der Waals surface area (Å²) in [6.07, 6.45) is 0.527. The van der Waals surface area contributed by atoms with Crippen molar-refractivity contribution in [3.8, 4) is 17.2 Å². The summed E-state index contributed by atoms with van der Waals surface area (Å²) in [6.45, 7) is 4.53. The highest BCUT2D eigenvalue weighted by Crippen LogP contribution is 2.43. The van der Waals surface area contributed by atoms with Gasteiger partial charge in [-0.15, -0.1) is 0 Å². The Kier molecular flexibility index (Phi) is 8.17. The molecule has 1 atom stereocenters. The number of aliphatic hydroxyl groups excluding tert-OH is 1. The average Bonchev–Trinajstić information content (AvgIpc) is 3.08. The van der Waals surface area contributed by atoms with Crippen molar-refractivity contribution in [1.29, 1.82) is 0 Å². The fourth-order valence-corrected chi connectivity index (χ4v) is 3.98. The van der Waals surface area contributed by atoms with Crippen LogP contribution in [0.5, 0.6) is 17.2 Å². The van der Waals surface area contributed by atoms with Crippen molar-refractivity contribution in [2.24, 2.45) is 0 Å². The fourth-order valence-electron chi connectivity index (χ4n) is 3.98. The molecule has 0 radical (unpaired) electrons. The molecule has 0 aromatic heterocycles. The summed E-state index contributed by atoms with van der Waals surface area (Å²) in [5.41, 5.74) is 0.980. The SMILES string of the molecule is COCCCN1C(=O)C(=O)/C(=C(\O)c2ccc(OC(C)C)cc2)C1c1ccc(OC)cc1OC. The number of benzene rings is 2. The van der Waals surface area contributed by atoms with Crippen LogP contribution in [0.4, 0.5) is 0 Å². The predicted molar refractivity (Wildman–Crippen MR) is 127 cm³/mol. The van der Waals surface area contributed by atoms with Crippen LogP contribution in [0.1, 0.15) is 37.4 Å². The molecule has 1 heterocycles. The number of rotatable bonds is 10. The molecule has 8 heteroatoms. The van der Waals surface area contributed by atoms with Gasteiger partial charge in [-0.05, 0) is 56.7 Å². The molecule has 0 aliphatic carbocycles. The van der Waals surface area contributed by atoms with E-state index in [4.69, 9.17) is 18.9 Å². The van der Waals surface area contributed by atoms with Gasteiger partial charge in [0, 0.05) is 37.5 Å². The van der Waals surface area contributed by atoms with Gasteiger partial charge >= 0.3 is 0 Å². The second-order valence-corrected chi connectivity index (χ2v) is 8.14. The third-order valence-electron chi connectivity index (χ3n) is 5.52. The predicted octanol–water partition coefficient (Wildman–Crippen LogP) is 3.95. The summed E-state index contributed by atoms with van der Waals surface area (Å²) >= 11 is 0. The van der Waals surface area contributed by atoms with E-state index in [9.17, 15) is 14.7 Å². The number of methoxy groups -OCH3 is 3. The lowest BCUT2D eigenvalue weighted by Gasteiger charge is -2.26. The highest BCUT2D eigenvalue weighted by molar-refractivity contribution is 6.46. The average molecular weight is 470 g/mol. The van der Waals surface area contributed by atoms with Crippen molar-refractivity contribution < 1.29 is 33.6 Å². The van der Waals surface area contributed by atoms with Gasteiger partial charge in [0.2, 0.25) is 0 Å². The molecule has 1 unspecified atom stereocenters. The molecule has 1 aliphatic rings. The zero-order chi connectivity index (χ0) is 24.8. The number of carbonyl (C=O) groups is 2. The van der Waals surface area contributed by atoms with Gasteiger partial charge in [-0.25, -0.2) is 0 Å². The van der Waals surface area contributed by atoms with Gasteiger partial charge in [-0.1, -0.05) is 0 Å².